The van der Waals surface area contributed by atoms with E-state index in [1.807, 2.05) is 6.92 Å². The van der Waals surface area contributed by atoms with Crippen molar-refractivity contribution in [2.75, 3.05) is 5.32 Å². The average molecular weight is 251 g/mol. The Labute approximate surface area is 108 Å². The van der Waals surface area contributed by atoms with E-state index in [-0.39, 0.29) is 11.6 Å². The van der Waals surface area contributed by atoms with Gasteiger partial charge in [-0.1, -0.05) is 32.6 Å². The number of hydrogen-bond donors (Lipinski definition) is 2. The number of carboxylic acids is 1. The number of carboxylic acid groups (broad SMARTS) is 1. The number of nitrogens with one attached hydrogen (secondary N) is 1. The molecule has 0 amide bonds. The molecule has 0 spiro atoms. The van der Waals surface area contributed by atoms with Crippen molar-refractivity contribution < 1.29 is 9.90 Å². The summed E-state index contributed by atoms with van der Waals surface area (Å²) >= 11 is 0. The van der Waals surface area contributed by atoms with E-state index >= 15 is 0 Å². The van der Waals surface area contributed by atoms with Gasteiger partial charge in [0.25, 0.3) is 0 Å². The van der Waals surface area contributed by atoms with Crippen LogP contribution in [0.3, 0.4) is 0 Å². The first kappa shape index (κ1) is 14.4. The summed E-state index contributed by atoms with van der Waals surface area (Å²) in [7, 11) is 0. The zero-order valence-electron chi connectivity index (χ0n) is 11.0. The van der Waals surface area contributed by atoms with Crippen LogP contribution in [0.2, 0.25) is 0 Å². The maximum absolute atomic E-state index is 11.0. The van der Waals surface area contributed by atoms with E-state index in [1.165, 1.54) is 31.8 Å². The summed E-state index contributed by atoms with van der Waals surface area (Å²) in [5.41, 5.74) is 0.123. The van der Waals surface area contributed by atoms with E-state index in [4.69, 9.17) is 5.11 Å². The standard InChI is InChI=1S/C13H21N3O2/c1-3-4-5-6-7-10(2)16-12-11(13(17)18)8-14-9-15-12/h8-10H,3-7H2,1-2H3,(H,17,18)(H,14,15,16). The van der Waals surface area contributed by atoms with Crippen molar-refractivity contribution in [3.05, 3.63) is 18.1 Å². The molecule has 0 bridgehead atoms. The molecular weight excluding hydrogens is 230 g/mol. The van der Waals surface area contributed by atoms with Crippen LogP contribution in [0, 0.1) is 0 Å². The molecule has 1 atom stereocenters. The molecule has 1 unspecified atom stereocenters. The second kappa shape index (κ2) is 7.63. The summed E-state index contributed by atoms with van der Waals surface area (Å²) in [6, 6.07) is 0.217. The van der Waals surface area contributed by atoms with Gasteiger partial charge in [0.05, 0.1) is 0 Å². The molecular formula is C13H21N3O2. The highest BCUT2D eigenvalue weighted by molar-refractivity contribution is 5.92. The number of unbranched alkanes of at least 4 members (excludes halogenated alkanes) is 3. The quantitative estimate of drug-likeness (QED) is 0.695. The van der Waals surface area contributed by atoms with Crippen LogP contribution in [0.25, 0.3) is 0 Å². The highest BCUT2D eigenvalue weighted by Gasteiger charge is 2.13. The molecule has 5 heteroatoms. The van der Waals surface area contributed by atoms with E-state index in [2.05, 4.69) is 22.2 Å². The van der Waals surface area contributed by atoms with Gasteiger partial charge in [-0.05, 0) is 13.3 Å². The molecule has 1 heterocycles. The summed E-state index contributed by atoms with van der Waals surface area (Å²) in [5, 5.41) is 12.1. The first-order chi connectivity index (χ1) is 8.65. The van der Waals surface area contributed by atoms with Gasteiger partial charge in [0.2, 0.25) is 0 Å². The van der Waals surface area contributed by atoms with Crippen LogP contribution in [0.4, 0.5) is 5.82 Å². The predicted octanol–water partition coefficient (Wildman–Crippen LogP) is 2.95. The Bertz CT molecular complexity index is 382. The zero-order chi connectivity index (χ0) is 13.4. The third-order valence-corrected chi connectivity index (χ3v) is 2.82. The maximum Gasteiger partial charge on any atom is 0.341 e. The van der Waals surface area contributed by atoms with Crippen LogP contribution in [0.15, 0.2) is 12.5 Å². The first-order valence-electron chi connectivity index (χ1n) is 6.45. The van der Waals surface area contributed by atoms with Crippen molar-refractivity contribution in [1.29, 1.82) is 0 Å². The molecule has 0 saturated carbocycles. The summed E-state index contributed by atoms with van der Waals surface area (Å²) in [6.45, 7) is 4.22. The lowest BCUT2D eigenvalue weighted by Gasteiger charge is -2.15. The van der Waals surface area contributed by atoms with E-state index in [0.29, 0.717) is 5.82 Å². The molecule has 0 aromatic carbocycles. The number of hydrogen-bond acceptors (Lipinski definition) is 4. The molecule has 0 fully saturated rings. The fourth-order valence-corrected chi connectivity index (χ4v) is 1.78. The molecule has 1 rings (SSSR count). The van der Waals surface area contributed by atoms with Crippen molar-refractivity contribution in [2.45, 2.75) is 52.0 Å². The molecule has 0 aliphatic rings. The van der Waals surface area contributed by atoms with Crippen LogP contribution in [0.5, 0.6) is 0 Å². The number of aromatic carboxylic acids is 1. The Morgan fingerprint density at radius 2 is 2.22 bits per heavy atom. The Morgan fingerprint density at radius 3 is 2.89 bits per heavy atom. The SMILES string of the molecule is CCCCCCC(C)Nc1ncncc1C(=O)O. The molecule has 1 aromatic rings. The summed E-state index contributed by atoms with van der Waals surface area (Å²) in [4.78, 5) is 18.7. The largest absolute Gasteiger partial charge is 0.477 e. The molecule has 1 aromatic heterocycles. The normalized spacial score (nSPS) is 12.1. The lowest BCUT2D eigenvalue weighted by atomic mass is 10.1. The number of nitrogens with zero attached hydrogens (tertiary/aromatic N) is 2. The van der Waals surface area contributed by atoms with E-state index in [1.54, 1.807) is 0 Å². The van der Waals surface area contributed by atoms with E-state index in [9.17, 15) is 4.79 Å². The highest BCUT2D eigenvalue weighted by atomic mass is 16.4. The van der Waals surface area contributed by atoms with Crippen molar-refractivity contribution in [2.24, 2.45) is 0 Å². The molecule has 0 aliphatic carbocycles. The van der Waals surface area contributed by atoms with Crippen LogP contribution in [-0.4, -0.2) is 27.1 Å². The van der Waals surface area contributed by atoms with Crippen LogP contribution < -0.4 is 5.32 Å². The van der Waals surface area contributed by atoms with Crippen LogP contribution in [0.1, 0.15) is 56.3 Å². The van der Waals surface area contributed by atoms with Gasteiger partial charge in [-0.15, -0.1) is 0 Å². The summed E-state index contributed by atoms with van der Waals surface area (Å²) < 4.78 is 0. The lowest BCUT2D eigenvalue weighted by molar-refractivity contribution is 0.0697. The first-order valence-corrected chi connectivity index (χ1v) is 6.45. The van der Waals surface area contributed by atoms with Crippen molar-refractivity contribution in [3.63, 3.8) is 0 Å². The van der Waals surface area contributed by atoms with Crippen molar-refractivity contribution in [3.8, 4) is 0 Å². The topological polar surface area (TPSA) is 75.1 Å². The minimum Gasteiger partial charge on any atom is -0.477 e. The Balaban J connectivity index is 2.48. The highest BCUT2D eigenvalue weighted by Crippen LogP contribution is 2.14. The van der Waals surface area contributed by atoms with Gasteiger partial charge in [-0.25, -0.2) is 14.8 Å². The Kier molecular flexibility index (Phi) is 6.11. The number of anilines is 1. The summed E-state index contributed by atoms with van der Waals surface area (Å²) in [6.07, 6.45) is 8.54. The second-order valence-corrected chi connectivity index (χ2v) is 4.48. The van der Waals surface area contributed by atoms with Gasteiger partial charge in [0.15, 0.2) is 0 Å². The predicted molar refractivity (Wildman–Crippen MR) is 70.8 cm³/mol. The molecule has 0 aliphatic heterocycles. The molecule has 100 valence electrons. The fourth-order valence-electron chi connectivity index (χ4n) is 1.78. The van der Waals surface area contributed by atoms with Crippen molar-refractivity contribution in [1.82, 2.24) is 9.97 Å². The monoisotopic (exact) mass is 251 g/mol. The van der Waals surface area contributed by atoms with Crippen molar-refractivity contribution >= 4 is 11.8 Å². The Hall–Kier alpha value is -1.65. The van der Waals surface area contributed by atoms with Gasteiger partial charge in [0, 0.05) is 12.2 Å². The summed E-state index contributed by atoms with van der Waals surface area (Å²) in [5.74, 6) is -0.600. The van der Waals surface area contributed by atoms with Crippen LogP contribution >= 0.6 is 0 Å². The Morgan fingerprint density at radius 1 is 1.44 bits per heavy atom. The number of rotatable bonds is 8. The molecule has 0 radical (unpaired) electrons. The number of aromatic nitrogens is 2. The minimum atomic E-state index is -1.00. The lowest BCUT2D eigenvalue weighted by Crippen LogP contribution is -2.18. The van der Waals surface area contributed by atoms with Gasteiger partial charge in [-0.3, -0.25) is 0 Å². The van der Waals surface area contributed by atoms with Gasteiger partial charge < -0.3 is 10.4 Å². The molecule has 0 saturated heterocycles. The zero-order valence-corrected chi connectivity index (χ0v) is 11.0. The average Bonchev–Trinajstić information content (AvgIpc) is 2.35. The smallest absolute Gasteiger partial charge is 0.341 e. The molecule has 18 heavy (non-hydrogen) atoms. The fraction of sp³-hybridized carbons (Fsp3) is 0.615. The van der Waals surface area contributed by atoms with E-state index < -0.39 is 5.97 Å². The third kappa shape index (κ3) is 4.69. The van der Waals surface area contributed by atoms with Gasteiger partial charge >= 0.3 is 5.97 Å². The van der Waals surface area contributed by atoms with Gasteiger partial charge in [-0.2, -0.15) is 0 Å². The molecule has 2 N–H and O–H groups in total. The maximum atomic E-state index is 11.0. The second-order valence-electron chi connectivity index (χ2n) is 4.48. The molecule has 5 nitrogen and oxygen atoms in total. The van der Waals surface area contributed by atoms with Crippen LogP contribution in [-0.2, 0) is 0 Å². The third-order valence-electron chi connectivity index (χ3n) is 2.82. The van der Waals surface area contributed by atoms with Gasteiger partial charge in [0.1, 0.15) is 17.7 Å². The number of carbonyl (C=O) groups is 1. The minimum absolute atomic E-state index is 0.123. The van der Waals surface area contributed by atoms with E-state index in [0.717, 1.165) is 12.8 Å².